The highest BCUT2D eigenvalue weighted by Crippen LogP contribution is 2.21. The Morgan fingerprint density at radius 2 is 1.67 bits per heavy atom. The molecule has 24 heavy (non-hydrogen) atoms. The van der Waals surface area contributed by atoms with E-state index >= 15 is 0 Å². The van der Waals surface area contributed by atoms with Crippen LogP contribution in [0, 0.1) is 6.92 Å². The number of anilines is 2. The van der Waals surface area contributed by atoms with Crippen LogP contribution in [0.5, 0.6) is 0 Å². The molecule has 0 aliphatic rings. The van der Waals surface area contributed by atoms with E-state index in [1.807, 2.05) is 45.0 Å². The van der Waals surface area contributed by atoms with Gasteiger partial charge in [0.2, 0.25) is 0 Å². The van der Waals surface area contributed by atoms with Gasteiger partial charge in [-0.3, -0.25) is 4.57 Å². The zero-order valence-electron chi connectivity index (χ0n) is 13.8. The summed E-state index contributed by atoms with van der Waals surface area (Å²) in [5.41, 5.74) is 3.53. The summed E-state index contributed by atoms with van der Waals surface area (Å²) in [6, 6.07) is 12.3. The Hall–Kier alpha value is -3.02. The van der Waals surface area contributed by atoms with Gasteiger partial charge in [-0.25, -0.2) is 9.59 Å². The van der Waals surface area contributed by atoms with E-state index in [9.17, 15) is 9.59 Å². The zero-order chi connectivity index (χ0) is 17.3. The maximum absolute atomic E-state index is 12.1. The summed E-state index contributed by atoms with van der Waals surface area (Å²) in [5.74, 6) is -0.402. The summed E-state index contributed by atoms with van der Waals surface area (Å²) in [4.78, 5) is 23.9. The first-order valence-corrected chi connectivity index (χ1v) is 7.74. The van der Waals surface area contributed by atoms with Gasteiger partial charge in [-0.15, -0.1) is 0 Å². The summed E-state index contributed by atoms with van der Waals surface area (Å²) >= 11 is 0. The van der Waals surface area contributed by atoms with Crippen LogP contribution in [0.2, 0.25) is 0 Å². The molecule has 0 bridgehead atoms. The molecular weight excluding hydrogens is 306 g/mol. The molecule has 6 heteroatoms. The lowest BCUT2D eigenvalue weighted by atomic mass is 10.2. The van der Waals surface area contributed by atoms with Crippen LogP contribution in [0.1, 0.15) is 25.5 Å². The zero-order valence-corrected chi connectivity index (χ0v) is 13.8. The van der Waals surface area contributed by atoms with Gasteiger partial charge >= 0.3 is 11.8 Å². The molecular formula is C18H19N3O3. The molecule has 6 nitrogen and oxygen atoms in total. The van der Waals surface area contributed by atoms with Crippen molar-refractivity contribution in [1.29, 1.82) is 0 Å². The predicted octanol–water partition coefficient (Wildman–Crippen LogP) is 4.13. The highest BCUT2D eigenvalue weighted by molar-refractivity contribution is 6.00. The molecule has 2 N–H and O–H groups in total. The molecule has 0 spiro atoms. The summed E-state index contributed by atoms with van der Waals surface area (Å²) in [5, 5.41) is 5.49. The van der Waals surface area contributed by atoms with E-state index in [0.29, 0.717) is 22.5 Å². The average Bonchev–Trinajstić information content (AvgIpc) is 2.84. The number of urea groups is 1. The van der Waals surface area contributed by atoms with Gasteiger partial charge in [0, 0.05) is 23.5 Å². The third-order valence-corrected chi connectivity index (χ3v) is 3.70. The van der Waals surface area contributed by atoms with Crippen LogP contribution in [0.15, 0.2) is 51.7 Å². The Bertz CT molecular complexity index is 936. The summed E-state index contributed by atoms with van der Waals surface area (Å²) in [6.07, 6.45) is 0. The minimum atomic E-state index is -0.402. The quantitative estimate of drug-likeness (QED) is 0.760. The number of amides is 2. The molecule has 124 valence electrons. The summed E-state index contributed by atoms with van der Waals surface area (Å²) in [6.45, 7) is 5.81. The van der Waals surface area contributed by atoms with Gasteiger partial charge in [-0.1, -0.05) is 17.7 Å². The van der Waals surface area contributed by atoms with Crippen molar-refractivity contribution in [2.24, 2.45) is 0 Å². The number of rotatable bonds is 3. The van der Waals surface area contributed by atoms with Crippen LogP contribution in [-0.4, -0.2) is 10.6 Å². The largest absolute Gasteiger partial charge is 0.420 e. The number of carbonyl (C=O) groups excluding carboxylic acids is 1. The van der Waals surface area contributed by atoms with Crippen molar-refractivity contribution in [3.63, 3.8) is 0 Å². The molecule has 0 radical (unpaired) electrons. The molecule has 2 amide bonds. The Kier molecular flexibility index (Phi) is 4.12. The second kappa shape index (κ2) is 6.23. The van der Waals surface area contributed by atoms with Crippen LogP contribution in [0.3, 0.4) is 0 Å². The van der Waals surface area contributed by atoms with Gasteiger partial charge in [-0.2, -0.15) is 0 Å². The first-order valence-electron chi connectivity index (χ1n) is 7.74. The van der Waals surface area contributed by atoms with Gasteiger partial charge in [-0.05, 0) is 45.0 Å². The lowest BCUT2D eigenvalue weighted by molar-refractivity contribution is 0.262. The third-order valence-electron chi connectivity index (χ3n) is 3.70. The van der Waals surface area contributed by atoms with Gasteiger partial charge in [0.15, 0.2) is 5.58 Å². The van der Waals surface area contributed by atoms with E-state index in [-0.39, 0.29) is 12.1 Å². The second-order valence-corrected chi connectivity index (χ2v) is 5.96. The van der Waals surface area contributed by atoms with E-state index in [1.54, 1.807) is 22.8 Å². The maximum atomic E-state index is 12.1. The first-order chi connectivity index (χ1) is 11.4. The number of oxazole rings is 1. The number of carbonyl (C=O) groups is 1. The van der Waals surface area contributed by atoms with Crippen LogP contribution in [0.4, 0.5) is 16.2 Å². The van der Waals surface area contributed by atoms with Crippen molar-refractivity contribution in [1.82, 2.24) is 4.57 Å². The highest BCUT2D eigenvalue weighted by Gasteiger charge is 2.13. The number of hydrogen-bond acceptors (Lipinski definition) is 3. The number of aryl methyl sites for hydroxylation is 1. The highest BCUT2D eigenvalue weighted by atomic mass is 16.4. The van der Waals surface area contributed by atoms with Crippen molar-refractivity contribution in [2.75, 3.05) is 10.6 Å². The average molecular weight is 325 g/mol. The van der Waals surface area contributed by atoms with E-state index in [4.69, 9.17) is 4.42 Å². The number of aromatic nitrogens is 1. The molecule has 0 atom stereocenters. The molecule has 1 aromatic heterocycles. The van der Waals surface area contributed by atoms with Crippen molar-refractivity contribution < 1.29 is 9.21 Å². The molecule has 3 rings (SSSR count). The molecule has 0 aliphatic carbocycles. The van der Waals surface area contributed by atoms with Crippen molar-refractivity contribution in [3.05, 3.63) is 58.6 Å². The lowest BCUT2D eigenvalue weighted by Crippen LogP contribution is -2.19. The minimum Gasteiger partial charge on any atom is -0.408 e. The molecule has 3 aromatic rings. The standard InChI is InChI=1S/C18H19N3O3/c1-11(2)21-15-9-8-14(10-16(15)24-18(21)23)20-17(22)19-13-6-4-12(3)5-7-13/h4-11H,1-3H3,(H2,19,20,22). The number of nitrogens with one attached hydrogen (secondary N) is 2. The molecule has 1 heterocycles. The van der Waals surface area contributed by atoms with Crippen LogP contribution in [-0.2, 0) is 0 Å². The van der Waals surface area contributed by atoms with Crippen molar-refractivity contribution in [3.8, 4) is 0 Å². The van der Waals surface area contributed by atoms with E-state index in [0.717, 1.165) is 5.56 Å². The van der Waals surface area contributed by atoms with Crippen LogP contribution < -0.4 is 16.4 Å². The molecule has 2 aromatic carbocycles. The Balaban J connectivity index is 1.79. The molecule has 0 saturated carbocycles. The van der Waals surface area contributed by atoms with Gasteiger partial charge < -0.3 is 15.1 Å². The fourth-order valence-corrected chi connectivity index (χ4v) is 2.53. The Labute approximate surface area is 139 Å². The molecule has 0 aliphatic heterocycles. The van der Waals surface area contributed by atoms with E-state index in [2.05, 4.69) is 10.6 Å². The minimum absolute atomic E-state index is 0.00222. The fourth-order valence-electron chi connectivity index (χ4n) is 2.53. The van der Waals surface area contributed by atoms with Crippen molar-refractivity contribution >= 4 is 28.5 Å². The maximum Gasteiger partial charge on any atom is 0.420 e. The van der Waals surface area contributed by atoms with Gasteiger partial charge in [0.25, 0.3) is 0 Å². The van der Waals surface area contributed by atoms with Crippen molar-refractivity contribution in [2.45, 2.75) is 26.8 Å². The Morgan fingerprint density at radius 3 is 2.33 bits per heavy atom. The lowest BCUT2D eigenvalue weighted by Gasteiger charge is -2.08. The SMILES string of the molecule is Cc1ccc(NC(=O)Nc2ccc3c(c2)oc(=O)n3C(C)C)cc1. The van der Waals surface area contributed by atoms with Gasteiger partial charge in [0.1, 0.15) is 0 Å². The number of nitrogens with zero attached hydrogens (tertiary/aromatic N) is 1. The number of fused-ring (bicyclic) bond motifs is 1. The normalized spacial score (nSPS) is 11.0. The molecule has 0 fully saturated rings. The van der Waals surface area contributed by atoms with Gasteiger partial charge in [0.05, 0.1) is 5.52 Å². The van der Waals surface area contributed by atoms with E-state index < -0.39 is 5.76 Å². The monoisotopic (exact) mass is 325 g/mol. The molecule has 0 unspecified atom stereocenters. The summed E-state index contributed by atoms with van der Waals surface area (Å²) in [7, 11) is 0. The van der Waals surface area contributed by atoms with Crippen LogP contribution >= 0.6 is 0 Å². The number of hydrogen-bond donors (Lipinski definition) is 2. The fraction of sp³-hybridized carbons (Fsp3) is 0.222. The first kappa shape index (κ1) is 15.9. The van der Waals surface area contributed by atoms with Crippen LogP contribution in [0.25, 0.3) is 11.1 Å². The smallest absolute Gasteiger partial charge is 0.408 e. The molecule has 0 saturated heterocycles. The number of benzene rings is 2. The topological polar surface area (TPSA) is 76.3 Å². The predicted molar refractivity (Wildman–Crippen MR) is 94.7 cm³/mol. The second-order valence-electron chi connectivity index (χ2n) is 5.96. The Morgan fingerprint density at radius 1 is 1.04 bits per heavy atom. The van der Waals surface area contributed by atoms with E-state index in [1.165, 1.54) is 0 Å². The summed E-state index contributed by atoms with van der Waals surface area (Å²) < 4.78 is 6.82. The third kappa shape index (κ3) is 3.17.